The van der Waals surface area contributed by atoms with Gasteiger partial charge in [-0.25, -0.2) is 0 Å². The number of rotatable bonds is 1. The van der Waals surface area contributed by atoms with Gasteiger partial charge in [-0.15, -0.1) is 0 Å². The number of hydrogen-bond acceptors (Lipinski definition) is 3. The van der Waals surface area contributed by atoms with E-state index >= 15 is 0 Å². The van der Waals surface area contributed by atoms with Gasteiger partial charge in [0.2, 0.25) is 0 Å². The van der Waals surface area contributed by atoms with Crippen molar-refractivity contribution in [3.63, 3.8) is 0 Å². The lowest BCUT2D eigenvalue weighted by molar-refractivity contribution is 0.107. The topological polar surface area (TPSA) is 53.8 Å². The number of aromatic nitrogens is 1. The van der Waals surface area contributed by atoms with Gasteiger partial charge in [-0.3, -0.25) is 9.78 Å². The average molecular weight is 245 g/mol. The Morgan fingerprint density at radius 1 is 1.75 bits per heavy atom. The van der Waals surface area contributed by atoms with Crippen molar-refractivity contribution < 1.29 is 4.79 Å². The van der Waals surface area contributed by atoms with Gasteiger partial charge < -0.3 is 0 Å². The van der Waals surface area contributed by atoms with Crippen LogP contribution < -0.4 is 0 Å². The molecule has 0 aliphatic heterocycles. The number of nitrogens with zero attached hydrogens (tertiary/aromatic N) is 2. The first-order chi connectivity index (χ1) is 5.66. The minimum atomic E-state index is -0.682. The number of pyridine rings is 1. The first-order valence-corrected chi connectivity index (χ1v) is 4.08. The van der Waals surface area contributed by atoms with E-state index in [0.29, 0.717) is 10.0 Å². The van der Waals surface area contributed by atoms with Crippen LogP contribution in [0.2, 0.25) is 0 Å². The van der Waals surface area contributed by atoms with E-state index in [1.165, 1.54) is 12.3 Å². The van der Waals surface area contributed by atoms with Crippen molar-refractivity contribution in [2.75, 3.05) is 0 Å². The lowest BCUT2D eigenvalue weighted by Gasteiger charge is -1.97. The van der Waals surface area contributed by atoms with Gasteiger partial charge in [0.25, 0.3) is 5.24 Å². The Kier molecular flexibility index (Phi) is 2.79. The molecule has 0 saturated heterocycles. The van der Waals surface area contributed by atoms with Crippen LogP contribution in [0.3, 0.4) is 0 Å². The summed E-state index contributed by atoms with van der Waals surface area (Å²) in [6, 6.07) is 3.39. The maximum atomic E-state index is 10.7. The molecule has 0 amide bonds. The van der Waals surface area contributed by atoms with Crippen molar-refractivity contribution >= 4 is 32.8 Å². The van der Waals surface area contributed by atoms with Crippen molar-refractivity contribution in [2.45, 2.75) is 0 Å². The van der Waals surface area contributed by atoms with Crippen LogP contribution in [0.1, 0.15) is 16.1 Å². The molecule has 1 aromatic heterocycles. The predicted molar refractivity (Wildman–Crippen MR) is 46.8 cm³/mol. The number of halogens is 2. The highest BCUT2D eigenvalue weighted by atomic mass is 79.9. The Labute approximate surface area is 82.1 Å². The van der Waals surface area contributed by atoms with Crippen LogP contribution >= 0.6 is 27.5 Å². The zero-order chi connectivity index (χ0) is 9.14. The molecule has 5 heteroatoms. The van der Waals surface area contributed by atoms with Gasteiger partial charge >= 0.3 is 0 Å². The lowest BCUT2D eigenvalue weighted by Crippen LogP contribution is -1.96. The SMILES string of the molecule is N#Cc1ccnc(C(=O)Cl)c1Br. The molecule has 0 unspecified atom stereocenters. The molecule has 1 aromatic rings. The van der Waals surface area contributed by atoms with Crippen molar-refractivity contribution in [3.8, 4) is 6.07 Å². The summed E-state index contributed by atoms with van der Waals surface area (Å²) in [5, 5.41) is 7.88. The zero-order valence-electron chi connectivity index (χ0n) is 5.71. The summed E-state index contributed by atoms with van der Waals surface area (Å²) < 4.78 is 0.340. The number of hydrogen-bond donors (Lipinski definition) is 0. The minimum absolute atomic E-state index is 0.0655. The number of carbonyl (C=O) groups excluding carboxylic acids is 1. The molecule has 0 radical (unpaired) electrons. The third-order valence-corrected chi connectivity index (χ3v) is 2.18. The second-order valence-corrected chi connectivity index (χ2v) is 3.04. The van der Waals surface area contributed by atoms with Gasteiger partial charge in [0.05, 0.1) is 10.0 Å². The fraction of sp³-hybridized carbons (Fsp3) is 0. The molecule has 0 saturated carbocycles. The molecule has 60 valence electrons. The predicted octanol–water partition coefficient (Wildman–Crippen LogP) is 2.09. The summed E-state index contributed by atoms with van der Waals surface area (Å²) in [6.07, 6.45) is 1.36. The fourth-order valence-electron chi connectivity index (χ4n) is 0.667. The van der Waals surface area contributed by atoms with E-state index < -0.39 is 5.24 Å². The summed E-state index contributed by atoms with van der Waals surface area (Å²) >= 11 is 8.25. The molecular formula is C7H2BrClN2O. The van der Waals surface area contributed by atoms with E-state index in [4.69, 9.17) is 16.9 Å². The van der Waals surface area contributed by atoms with Gasteiger partial charge in [0.1, 0.15) is 11.8 Å². The molecule has 0 aliphatic rings. The maximum absolute atomic E-state index is 10.7. The molecular weight excluding hydrogens is 243 g/mol. The largest absolute Gasteiger partial charge is 0.274 e. The van der Waals surface area contributed by atoms with Crippen molar-refractivity contribution in [1.29, 1.82) is 5.26 Å². The Morgan fingerprint density at radius 3 is 2.92 bits per heavy atom. The summed E-state index contributed by atoms with van der Waals surface area (Å²) in [4.78, 5) is 14.4. The molecule has 3 nitrogen and oxygen atoms in total. The molecule has 0 aliphatic carbocycles. The summed E-state index contributed by atoms with van der Waals surface area (Å²) in [5.41, 5.74) is 0.407. The molecule has 1 heterocycles. The van der Waals surface area contributed by atoms with Crippen molar-refractivity contribution in [1.82, 2.24) is 4.98 Å². The van der Waals surface area contributed by atoms with Crippen LogP contribution in [0.25, 0.3) is 0 Å². The van der Waals surface area contributed by atoms with Gasteiger partial charge in [-0.1, -0.05) is 0 Å². The van der Waals surface area contributed by atoms with E-state index in [1.54, 1.807) is 0 Å². The van der Waals surface area contributed by atoms with E-state index in [9.17, 15) is 4.79 Å². The molecule has 1 rings (SSSR count). The van der Waals surface area contributed by atoms with Crippen LogP contribution in [0.15, 0.2) is 16.7 Å². The summed E-state index contributed by atoms with van der Waals surface area (Å²) in [5.74, 6) is 0. The minimum Gasteiger partial charge on any atom is -0.274 e. The standard InChI is InChI=1S/C7H2BrClN2O/c8-5-4(3-10)1-2-11-6(5)7(9)12/h1-2H. The molecule has 0 aromatic carbocycles. The van der Waals surface area contributed by atoms with Gasteiger partial charge in [-0.05, 0) is 33.6 Å². The van der Waals surface area contributed by atoms with E-state index in [0.717, 1.165) is 0 Å². The summed E-state index contributed by atoms with van der Waals surface area (Å²) in [7, 11) is 0. The summed E-state index contributed by atoms with van der Waals surface area (Å²) in [6.45, 7) is 0. The average Bonchev–Trinajstić information content (AvgIpc) is 2.04. The highest BCUT2D eigenvalue weighted by molar-refractivity contribution is 9.10. The highest BCUT2D eigenvalue weighted by Crippen LogP contribution is 2.20. The van der Waals surface area contributed by atoms with Gasteiger partial charge in [-0.2, -0.15) is 5.26 Å². The van der Waals surface area contributed by atoms with Gasteiger partial charge in [0.15, 0.2) is 0 Å². The first kappa shape index (κ1) is 9.17. The lowest BCUT2D eigenvalue weighted by atomic mass is 10.2. The van der Waals surface area contributed by atoms with Crippen LogP contribution in [0.4, 0.5) is 0 Å². The second kappa shape index (κ2) is 3.65. The molecule has 0 bridgehead atoms. The number of carbonyl (C=O) groups is 1. The third kappa shape index (κ3) is 1.63. The van der Waals surface area contributed by atoms with Crippen molar-refractivity contribution in [3.05, 3.63) is 28.0 Å². The van der Waals surface area contributed by atoms with Gasteiger partial charge in [0, 0.05) is 6.20 Å². The maximum Gasteiger partial charge on any atom is 0.272 e. The molecule has 0 fully saturated rings. The Hall–Kier alpha value is -0.920. The fourth-order valence-corrected chi connectivity index (χ4v) is 1.43. The van der Waals surface area contributed by atoms with Crippen LogP contribution in [-0.4, -0.2) is 10.2 Å². The monoisotopic (exact) mass is 244 g/mol. The smallest absolute Gasteiger partial charge is 0.272 e. The zero-order valence-corrected chi connectivity index (χ0v) is 8.06. The molecule has 12 heavy (non-hydrogen) atoms. The second-order valence-electron chi connectivity index (χ2n) is 1.91. The highest BCUT2D eigenvalue weighted by Gasteiger charge is 2.11. The van der Waals surface area contributed by atoms with Crippen LogP contribution in [0.5, 0.6) is 0 Å². The van der Waals surface area contributed by atoms with Crippen molar-refractivity contribution in [2.24, 2.45) is 0 Å². The van der Waals surface area contributed by atoms with E-state index in [-0.39, 0.29) is 5.69 Å². The number of nitriles is 1. The quantitative estimate of drug-likeness (QED) is 0.712. The van der Waals surface area contributed by atoms with Crippen LogP contribution in [0, 0.1) is 11.3 Å². The Morgan fingerprint density at radius 2 is 2.42 bits per heavy atom. The molecule has 0 atom stereocenters. The van der Waals surface area contributed by atoms with E-state index in [1.807, 2.05) is 6.07 Å². The Balaban J connectivity index is 3.35. The Bertz CT molecular complexity index is 372. The normalized spacial score (nSPS) is 9.08. The third-order valence-electron chi connectivity index (χ3n) is 1.20. The van der Waals surface area contributed by atoms with Crippen LogP contribution in [-0.2, 0) is 0 Å². The van der Waals surface area contributed by atoms with E-state index in [2.05, 4.69) is 20.9 Å². The molecule has 0 N–H and O–H groups in total. The first-order valence-electron chi connectivity index (χ1n) is 2.91. The molecule has 0 spiro atoms.